The molecule has 1 atom stereocenters. The van der Waals surface area contributed by atoms with Crippen molar-refractivity contribution < 1.29 is 14.3 Å². The van der Waals surface area contributed by atoms with Gasteiger partial charge in [-0.3, -0.25) is 9.89 Å². The molecule has 0 spiro atoms. The SMILES string of the molecule is C=Nc1n[nH]c2c(C(=O)N[C@H]3CCc4cc(C(=O)OC)ccc43)ncnc12. The van der Waals surface area contributed by atoms with Crippen molar-refractivity contribution in [1.82, 2.24) is 25.5 Å². The highest BCUT2D eigenvalue weighted by molar-refractivity contribution is 6.04. The summed E-state index contributed by atoms with van der Waals surface area (Å²) in [4.78, 5) is 36.4. The van der Waals surface area contributed by atoms with E-state index in [1.807, 2.05) is 12.1 Å². The summed E-state index contributed by atoms with van der Waals surface area (Å²) in [7, 11) is 1.35. The average molecular weight is 364 g/mol. The van der Waals surface area contributed by atoms with Gasteiger partial charge in [0.25, 0.3) is 5.91 Å². The number of carbonyl (C=O) groups excluding carboxylic acids is 2. The fourth-order valence-corrected chi connectivity index (χ4v) is 3.34. The minimum Gasteiger partial charge on any atom is -0.465 e. The molecule has 0 fully saturated rings. The Morgan fingerprint density at radius 3 is 3.00 bits per heavy atom. The number of nitrogens with zero attached hydrogens (tertiary/aromatic N) is 4. The minimum absolute atomic E-state index is 0.163. The average Bonchev–Trinajstić information content (AvgIpc) is 3.30. The second kappa shape index (κ2) is 6.60. The smallest absolute Gasteiger partial charge is 0.337 e. The maximum absolute atomic E-state index is 12.8. The minimum atomic E-state index is -0.375. The molecule has 0 saturated carbocycles. The number of fused-ring (bicyclic) bond motifs is 2. The first-order chi connectivity index (χ1) is 13.1. The molecule has 1 aliphatic rings. The zero-order valence-corrected chi connectivity index (χ0v) is 14.5. The number of hydrogen-bond acceptors (Lipinski definition) is 7. The van der Waals surface area contributed by atoms with E-state index in [1.165, 1.54) is 13.4 Å². The molecule has 136 valence electrons. The van der Waals surface area contributed by atoms with Gasteiger partial charge in [0, 0.05) is 0 Å². The number of benzene rings is 1. The van der Waals surface area contributed by atoms with Crippen LogP contribution in [0.3, 0.4) is 0 Å². The fraction of sp³-hybridized carbons (Fsp3) is 0.222. The van der Waals surface area contributed by atoms with Crippen molar-refractivity contribution in [2.24, 2.45) is 4.99 Å². The van der Waals surface area contributed by atoms with Crippen LogP contribution in [0, 0.1) is 0 Å². The maximum Gasteiger partial charge on any atom is 0.337 e. The molecule has 0 aliphatic heterocycles. The molecule has 2 heterocycles. The number of ether oxygens (including phenoxy) is 1. The molecule has 2 aromatic heterocycles. The number of hydrogen-bond donors (Lipinski definition) is 2. The molecule has 0 radical (unpaired) electrons. The number of rotatable bonds is 4. The van der Waals surface area contributed by atoms with Gasteiger partial charge in [-0.15, -0.1) is 0 Å². The van der Waals surface area contributed by atoms with E-state index >= 15 is 0 Å². The van der Waals surface area contributed by atoms with E-state index in [0.717, 1.165) is 24.0 Å². The topological polar surface area (TPSA) is 122 Å². The summed E-state index contributed by atoms with van der Waals surface area (Å²) in [5.41, 5.74) is 3.57. The first-order valence-corrected chi connectivity index (χ1v) is 8.30. The van der Waals surface area contributed by atoms with Gasteiger partial charge < -0.3 is 10.1 Å². The van der Waals surface area contributed by atoms with Gasteiger partial charge >= 0.3 is 5.97 Å². The molecule has 0 saturated heterocycles. The monoisotopic (exact) mass is 364 g/mol. The number of aromatic nitrogens is 4. The Balaban J connectivity index is 1.60. The van der Waals surface area contributed by atoms with Crippen molar-refractivity contribution in [1.29, 1.82) is 0 Å². The lowest BCUT2D eigenvalue weighted by Crippen LogP contribution is -2.28. The van der Waals surface area contributed by atoms with Crippen molar-refractivity contribution >= 4 is 35.4 Å². The summed E-state index contributed by atoms with van der Waals surface area (Å²) in [5, 5.41) is 9.71. The zero-order chi connectivity index (χ0) is 19.0. The molecule has 9 nitrogen and oxygen atoms in total. The van der Waals surface area contributed by atoms with Gasteiger partial charge in [-0.05, 0) is 42.8 Å². The number of esters is 1. The van der Waals surface area contributed by atoms with Gasteiger partial charge in [0.15, 0.2) is 11.5 Å². The molecule has 2 N–H and O–H groups in total. The van der Waals surface area contributed by atoms with E-state index in [1.54, 1.807) is 6.07 Å². The molecule has 0 bridgehead atoms. The van der Waals surface area contributed by atoms with Crippen LogP contribution in [0.2, 0.25) is 0 Å². The summed E-state index contributed by atoms with van der Waals surface area (Å²) in [6, 6.07) is 5.21. The zero-order valence-electron chi connectivity index (χ0n) is 14.5. The Kier molecular flexibility index (Phi) is 4.11. The Morgan fingerprint density at radius 2 is 2.22 bits per heavy atom. The van der Waals surface area contributed by atoms with Gasteiger partial charge in [-0.1, -0.05) is 6.07 Å². The molecular weight excluding hydrogens is 348 g/mol. The second-order valence-electron chi connectivity index (χ2n) is 6.12. The lowest BCUT2D eigenvalue weighted by molar-refractivity contribution is 0.0600. The number of methoxy groups -OCH3 is 1. The first-order valence-electron chi connectivity index (χ1n) is 8.30. The summed E-state index contributed by atoms with van der Waals surface area (Å²) in [5.74, 6) is -0.390. The fourth-order valence-electron chi connectivity index (χ4n) is 3.34. The first kappa shape index (κ1) is 16.8. The summed E-state index contributed by atoms with van der Waals surface area (Å²) < 4.78 is 4.75. The van der Waals surface area contributed by atoms with Gasteiger partial charge in [0.2, 0.25) is 0 Å². The van der Waals surface area contributed by atoms with Crippen molar-refractivity contribution in [2.45, 2.75) is 18.9 Å². The molecule has 27 heavy (non-hydrogen) atoms. The van der Waals surface area contributed by atoms with Crippen LogP contribution in [0.4, 0.5) is 5.82 Å². The lowest BCUT2D eigenvalue weighted by atomic mass is 10.0. The van der Waals surface area contributed by atoms with E-state index in [-0.39, 0.29) is 23.6 Å². The second-order valence-corrected chi connectivity index (χ2v) is 6.12. The normalized spacial score (nSPS) is 15.4. The van der Waals surface area contributed by atoms with Crippen LogP contribution in [-0.4, -0.2) is 45.9 Å². The van der Waals surface area contributed by atoms with Gasteiger partial charge in [-0.25, -0.2) is 19.8 Å². The maximum atomic E-state index is 12.8. The highest BCUT2D eigenvalue weighted by Gasteiger charge is 2.27. The summed E-state index contributed by atoms with van der Waals surface area (Å²) in [6.45, 7) is 3.44. The molecule has 9 heteroatoms. The molecule has 1 amide bonds. The number of H-pyrrole nitrogens is 1. The van der Waals surface area contributed by atoms with Gasteiger partial charge in [-0.2, -0.15) is 5.10 Å². The third kappa shape index (κ3) is 2.82. The van der Waals surface area contributed by atoms with E-state index in [2.05, 4.69) is 37.2 Å². The van der Waals surface area contributed by atoms with E-state index in [0.29, 0.717) is 22.4 Å². The van der Waals surface area contributed by atoms with E-state index in [9.17, 15) is 9.59 Å². The van der Waals surface area contributed by atoms with Crippen molar-refractivity contribution in [2.75, 3.05) is 7.11 Å². The number of aryl methyl sites for hydroxylation is 1. The Bertz CT molecular complexity index is 1070. The number of carbonyl (C=O) groups is 2. The Labute approximate surface area is 153 Å². The molecule has 4 rings (SSSR count). The van der Waals surface area contributed by atoms with Crippen LogP contribution in [0.5, 0.6) is 0 Å². The number of aromatic amines is 1. The van der Waals surface area contributed by atoms with Crippen molar-refractivity contribution in [3.05, 3.63) is 46.9 Å². The predicted molar refractivity (Wildman–Crippen MR) is 97.2 cm³/mol. The van der Waals surface area contributed by atoms with Crippen molar-refractivity contribution in [3.63, 3.8) is 0 Å². The van der Waals surface area contributed by atoms with E-state index in [4.69, 9.17) is 4.74 Å². The Morgan fingerprint density at radius 1 is 1.37 bits per heavy atom. The van der Waals surface area contributed by atoms with Crippen LogP contribution >= 0.6 is 0 Å². The highest BCUT2D eigenvalue weighted by Crippen LogP contribution is 2.32. The molecular formula is C18H16N6O3. The third-order valence-electron chi connectivity index (χ3n) is 4.64. The largest absolute Gasteiger partial charge is 0.465 e. The van der Waals surface area contributed by atoms with Gasteiger partial charge in [0.05, 0.1) is 18.7 Å². The van der Waals surface area contributed by atoms with Crippen LogP contribution in [0.1, 0.15) is 44.4 Å². The van der Waals surface area contributed by atoms with Crippen molar-refractivity contribution in [3.8, 4) is 0 Å². The lowest BCUT2D eigenvalue weighted by Gasteiger charge is -2.14. The molecule has 1 aliphatic carbocycles. The van der Waals surface area contributed by atoms with Crippen LogP contribution in [0.25, 0.3) is 11.0 Å². The van der Waals surface area contributed by atoms with Crippen LogP contribution < -0.4 is 5.32 Å². The van der Waals surface area contributed by atoms with Crippen LogP contribution in [-0.2, 0) is 11.2 Å². The highest BCUT2D eigenvalue weighted by atomic mass is 16.5. The Hall–Kier alpha value is -3.62. The molecule has 3 aromatic rings. The van der Waals surface area contributed by atoms with Crippen LogP contribution in [0.15, 0.2) is 29.5 Å². The number of amides is 1. The third-order valence-corrected chi connectivity index (χ3v) is 4.64. The van der Waals surface area contributed by atoms with Gasteiger partial charge in [0.1, 0.15) is 17.4 Å². The quantitative estimate of drug-likeness (QED) is 0.538. The predicted octanol–water partition coefficient (Wildman–Crippen LogP) is 1.89. The van der Waals surface area contributed by atoms with E-state index < -0.39 is 0 Å². The number of nitrogens with one attached hydrogen (secondary N) is 2. The number of aliphatic imine (C=N–C) groups is 1. The molecule has 0 unspecified atom stereocenters. The summed E-state index contributed by atoms with van der Waals surface area (Å²) in [6.07, 6.45) is 2.80. The summed E-state index contributed by atoms with van der Waals surface area (Å²) >= 11 is 0. The standard InChI is InChI=1S/C18H16N6O3/c1-19-16-14-13(23-24-16)15(21-8-20-14)17(25)22-12-6-4-9-7-10(18(26)27-2)3-5-11(9)12/h3,5,7-8,12H,1,4,6H2,2H3,(H,22,25)(H,23,24)/t12-/m0/s1. The molecule has 1 aromatic carbocycles.